The van der Waals surface area contributed by atoms with E-state index in [0.29, 0.717) is 0 Å². The lowest BCUT2D eigenvalue weighted by Gasteiger charge is -2.08. The van der Waals surface area contributed by atoms with Crippen LogP contribution in [0.3, 0.4) is 0 Å². The molecule has 0 fully saturated rings. The summed E-state index contributed by atoms with van der Waals surface area (Å²) in [6.07, 6.45) is 1.97. The molecule has 12 heavy (non-hydrogen) atoms. The topological polar surface area (TPSA) is 12.0 Å². The molecule has 0 amide bonds. The molecule has 0 aromatic heterocycles. The van der Waals surface area contributed by atoms with Crippen LogP contribution in [0.2, 0.25) is 0 Å². The fraction of sp³-hybridized carbons (Fsp3) is 0.273. The van der Waals surface area contributed by atoms with Gasteiger partial charge in [0.1, 0.15) is 0 Å². The lowest BCUT2D eigenvalue weighted by atomic mass is 10.2. The zero-order valence-corrected chi connectivity index (χ0v) is 8.20. The van der Waals surface area contributed by atoms with Crippen molar-refractivity contribution in [1.82, 2.24) is 5.32 Å². The van der Waals surface area contributed by atoms with Crippen molar-refractivity contribution in [1.29, 1.82) is 0 Å². The maximum Gasteiger partial charge on any atom is 0.0332 e. The quantitative estimate of drug-likeness (QED) is 0.628. The summed E-state index contributed by atoms with van der Waals surface area (Å²) in [7, 11) is 0. The molecule has 0 saturated heterocycles. The summed E-state index contributed by atoms with van der Waals surface area (Å²) >= 11 is 0. The largest absolute Gasteiger partial charge is 0.359 e. The highest BCUT2D eigenvalue weighted by Gasteiger charge is 1.93. The Morgan fingerprint density at radius 2 is 1.58 bits per heavy atom. The lowest BCUT2D eigenvalue weighted by molar-refractivity contribution is 0.981. The Bertz CT molecular complexity index is 244. The molecule has 0 radical (unpaired) electrons. The first kappa shape index (κ1) is 10.8. The minimum Gasteiger partial charge on any atom is -0.359 e. The van der Waals surface area contributed by atoms with Crippen LogP contribution in [0, 0.1) is 0 Å². The van der Waals surface area contributed by atoms with Gasteiger partial charge < -0.3 is 5.32 Å². The van der Waals surface area contributed by atoms with E-state index in [0.717, 1.165) is 22.5 Å². The Labute approximate surface area is 75.2 Å². The Morgan fingerprint density at radius 1 is 1.08 bits per heavy atom. The molecule has 1 heteroatoms. The van der Waals surface area contributed by atoms with Gasteiger partial charge in [-0.3, -0.25) is 0 Å². The zero-order chi connectivity index (χ0) is 9.72. The van der Waals surface area contributed by atoms with Gasteiger partial charge in [-0.05, 0) is 32.4 Å². The summed E-state index contributed by atoms with van der Waals surface area (Å²) in [5.74, 6) is 0. The standard InChI is InChI=1S/C11H17N/c1-8(2)7-10(5)12-11(6)9(3)4/h7,12H,1,3,6H2,2,4-5H3/b10-7+. The molecule has 1 nitrogen and oxygen atoms in total. The molecule has 0 spiro atoms. The van der Waals surface area contributed by atoms with E-state index in [1.807, 2.05) is 26.8 Å². The third-order valence-corrected chi connectivity index (χ3v) is 1.33. The van der Waals surface area contributed by atoms with Crippen LogP contribution in [0.15, 0.2) is 48.4 Å². The van der Waals surface area contributed by atoms with Crippen LogP contribution in [0.1, 0.15) is 20.8 Å². The highest BCUT2D eigenvalue weighted by atomic mass is 14.9. The van der Waals surface area contributed by atoms with Crippen molar-refractivity contribution in [2.45, 2.75) is 20.8 Å². The minimum atomic E-state index is 0.852. The number of nitrogens with one attached hydrogen (secondary N) is 1. The molecule has 0 aliphatic rings. The Balaban J connectivity index is 4.19. The molecule has 66 valence electrons. The molecule has 1 N–H and O–H groups in total. The van der Waals surface area contributed by atoms with Gasteiger partial charge in [-0.25, -0.2) is 0 Å². The second-order valence-electron chi connectivity index (χ2n) is 3.06. The summed E-state index contributed by atoms with van der Waals surface area (Å²) in [5.41, 5.74) is 3.86. The van der Waals surface area contributed by atoms with Crippen LogP contribution in [0.25, 0.3) is 0 Å². The molecule has 0 aromatic rings. The van der Waals surface area contributed by atoms with E-state index in [4.69, 9.17) is 0 Å². The summed E-state index contributed by atoms with van der Waals surface area (Å²) in [6.45, 7) is 17.2. The van der Waals surface area contributed by atoms with Crippen LogP contribution in [0.4, 0.5) is 0 Å². The van der Waals surface area contributed by atoms with Crippen molar-refractivity contribution in [3.05, 3.63) is 48.4 Å². The highest BCUT2D eigenvalue weighted by Crippen LogP contribution is 2.03. The number of hydrogen-bond donors (Lipinski definition) is 1. The minimum absolute atomic E-state index is 0.852. The van der Waals surface area contributed by atoms with Crippen molar-refractivity contribution in [2.24, 2.45) is 0 Å². The predicted molar refractivity (Wildman–Crippen MR) is 55.7 cm³/mol. The van der Waals surface area contributed by atoms with Crippen molar-refractivity contribution in [3.63, 3.8) is 0 Å². The Morgan fingerprint density at radius 3 is 1.92 bits per heavy atom. The maximum atomic E-state index is 3.82. The average molecular weight is 163 g/mol. The van der Waals surface area contributed by atoms with Gasteiger partial charge in [0.05, 0.1) is 0 Å². The third kappa shape index (κ3) is 4.56. The monoisotopic (exact) mass is 163 g/mol. The van der Waals surface area contributed by atoms with Gasteiger partial charge in [0.25, 0.3) is 0 Å². The number of hydrogen-bond acceptors (Lipinski definition) is 1. The molecule has 0 unspecified atom stereocenters. The first-order valence-corrected chi connectivity index (χ1v) is 3.89. The van der Waals surface area contributed by atoms with E-state index in [9.17, 15) is 0 Å². The average Bonchev–Trinajstić information content (AvgIpc) is 1.84. The van der Waals surface area contributed by atoms with Gasteiger partial charge in [0.15, 0.2) is 0 Å². The van der Waals surface area contributed by atoms with E-state index >= 15 is 0 Å². The SMILES string of the molecule is C=C(C)/C=C(\C)NC(=C)C(=C)C. The van der Waals surface area contributed by atoms with Crippen LogP contribution in [0.5, 0.6) is 0 Å². The molecular weight excluding hydrogens is 146 g/mol. The summed E-state index contributed by atoms with van der Waals surface area (Å²) in [6, 6.07) is 0. The molecular formula is C11H17N. The van der Waals surface area contributed by atoms with Crippen molar-refractivity contribution in [3.8, 4) is 0 Å². The van der Waals surface area contributed by atoms with Crippen LogP contribution < -0.4 is 5.32 Å². The predicted octanol–water partition coefficient (Wildman–Crippen LogP) is 3.15. The van der Waals surface area contributed by atoms with E-state index in [1.54, 1.807) is 0 Å². The number of rotatable bonds is 4. The highest BCUT2D eigenvalue weighted by molar-refractivity contribution is 5.27. The lowest BCUT2D eigenvalue weighted by Crippen LogP contribution is -2.09. The zero-order valence-electron chi connectivity index (χ0n) is 8.20. The summed E-state index contributed by atoms with van der Waals surface area (Å²) in [4.78, 5) is 0. The van der Waals surface area contributed by atoms with Gasteiger partial charge in [-0.1, -0.05) is 25.3 Å². The van der Waals surface area contributed by atoms with Crippen molar-refractivity contribution >= 4 is 0 Å². The van der Waals surface area contributed by atoms with Gasteiger partial charge in [0, 0.05) is 11.4 Å². The molecule has 0 aliphatic heterocycles. The van der Waals surface area contributed by atoms with E-state index < -0.39 is 0 Å². The van der Waals surface area contributed by atoms with Gasteiger partial charge in [-0.15, -0.1) is 0 Å². The smallest absolute Gasteiger partial charge is 0.0332 e. The second-order valence-corrected chi connectivity index (χ2v) is 3.06. The molecule has 0 saturated carbocycles. The molecule has 0 atom stereocenters. The molecule has 0 aliphatic carbocycles. The van der Waals surface area contributed by atoms with E-state index in [2.05, 4.69) is 25.1 Å². The van der Waals surface area contributed by atoms with Gasteiger partial charge >= 0.3 is 0 Å². The fourth-order valence-corrected chi connectivity index (χ4v) is 0.750. The summed E-state index contributed by atoms with van der Waals surface area (Å²) < 4.78 is 0. The number of allylic oxidation sites excluding steroid dienone is 4. The second kappa shape index (κ2) is 4.60. The third-order valence-electron chi connectivity index (χ3n) is 1.33. The van der Waals surface area contributed by atoms with E-state index in [1.165, 1.54) is 0 Å². The van der Waals surface area contributed by atoms with Crippen LogP contribution >= 0.6 is 0 Å². The van der Waals surface area contributed by atoms with Crippen molar-refractivity contribution < 1.29 is 0 Å². The Kier molecular flexibility index (Phi) is 4.12. The normalized spacial score (nSPS) is 10.8. The summed E-state index contributed by atoms with van der Waals surface area (Å²) in [5, 5.41) is 3.12. The van der Waals surface area contributed by atoms with Crippen molar-refractivity contribution in [2.75, 3.05) is 0 Å². The Hall–Kier alpha value is -1.24. The van der Waals surface area contributed by atoms with Crippen LogP contribution in [-0.4, -0.2) is 0 Å². The maximum absolute atomic E-state index is 3.82. The van der Waals surface area contributed by atoms with Gasteiger partial charge in [0.2, 0.25) is 0 Å². The van der Waals surface area contributed by atoms with E-state index in [-0.39, 0.29) is 0 Å². The molecule has 0 aromatic carbocycles. The first-order chi connectivity index (χ1) is 5.43. The fourth-order valence-electron chi connectivity index (χ4n) is 0.750. The van der Waals surface area contributed by atoms with Crippen LogP contribution in [-0.2, 0) is 0 Å². The molecule has 0 bridgehead atoms. The molecule has 0 rings (SSSR count). The first-order valence-electron chi connectivity index (χ1n) is 3.89. The van der Waals surface area contributed by atoms with Gasteiger partial charge in [-0.2, -0.15) is 0 Å². The molecule has 0 heterocycles.